The molecule has 0 spiro atoms. The van der Waals surface area contributed by atoms with E-state index in [0.29, 0.717) is 23.6 Å². The Morgan fingerprint density at radius 3 is 2.36 bits per heavy atom. The van der Waals surface area contributed by atoms with Crippen LogP contribution in [0, 0.1) is 12.8 Å². The largest absolute Gasteiger partial charge is 0.345 e. The molecule has 0 unspecified atom stereocenters. The predicted molar refractivity (Wildman–Crippen MR) is 92.5 cm³/mol. The molecule has 3 N–H and O–H groups in total. The highest BCUT2D eigenvalue weighted by Gasteiger charge is 2.17. The molecule has 0 heterocycles. The molecule has 0 bridgehead atoms. The van der Waals surface area contributed by atoms with Gasteiger partial charge in [-0.05, 0) is 37.0 Å². The average molecular weight is 328 g/mol. The van der Waals surface area contributed by atoms with Gasteiger partial charge in [0.15, 0.2) is 0 Å². The fourth-order valence-corrected chi connectivity index (χ4v) is 2.02. The van der Waals surface area contributed by atoms with Crippen molar-refractivity contribution in [2.75, 3.05) is 19.4 Å². The molecule has 0 fully saturated rings. The van der Waals surface area contributed by atoms with Crippen molar-refractivity contribution < 1.29 is 9.59 Å². The van der Waals surface area contributed by atoms with Crippen LogP contribution in [-0.2, 0) is 4.79 Å². The molecular formula is C16H26ClN3O2. The van der Waals surface area contributed by atoms with Gasteiger partial charge in [0.25, 0.3) is 5.91 Å². The van der Waals surface area contributed by atoms with Gasteiger partial charge in [-0.25, -0.2) is 0 Å². The van der Waals surface area contributed by atoms with E-state index in [9.17, 15) is 9.59 Å². The summed E-state index contributed by atoms with van der Waals surface area (Å²) < 4.78 is 0. The standard InChI is InChI=1S/C16H25N3O2.ClH/c1-10(2)8-14(17)15(20)18-12-7-6-11(3)13(9-12)16(21)19(4)5;/h6-7,9-10,14H,8,17H2,1-5H3,(H,18,20);1H/t14-;/m0./s1. The number of rotatable bonds is 5. The van der Waals surface area contributed by atoms with Crippen LogP contribution in [0.1, 0.15) is 36.2 Å². The van der Waals surface area contributed by atoms with Gasteiger partial charge in [-0.1, -0.05) is 19.9 Å². The van der Waals surface area contributed by atoms with E-state index in [4.69, 9.17) is 5.73 Å². The summed E-state index contributed by atoms with van der Waals surface area (Å²) in [4.78, 5) is 25.6. The molecule has 0 saturated carbocycles. The number of anilines is 1. The summed E-state index contributed by atoms with van der Waals surface area (Å²) in [7, 11) is 3.40. The van der Waals surface area contributed by atoms with Crippen molar-refractivity contribution in [3.8, 4) is 0 Å². The maximum Gasteiger partial charge on any atom is 0.253 e. The zero-order valence-corrected chi connectivity index (χ0v) is 14.7. The minimum Gasteiger partial charge on any atom is -0.345 e. The first kappa shape index (κ1) is 20.4. The molecule has 0 aliphatic carbocycles. The minimum absolute atomic E-state index is 0. The SMILES string of the molecule is Cc1ccc(NC(=O)[C@@H](N)CC(C)C)cc1C(=O)N(C)C.Cl. The third kappa shape index (κ3) is 5.66. The summed E-state index contributed by atoms with van der Waals surface area (Å²) in [5.41, 5.74) is 7.90. The van der Waals surface area contributed by atoms with Gasteiger partial charge in [-0.2, -0.15) is 0 Å². The van der Waals surface area contributed by atoms with Crippen LogP contribution in [0.2, 0.25) is 0 Å². The molecule has 0 aromatic heterocycles. The monoisotopic (exact) mass is 327 g/mol. The molecule has 0 aliphatic heterocycles. The van der Waals surface area contributed by atoms with Gasteiger partial charge in [-0.15, -0.1) is 12.4 Å². The van der Waals surface area contributed by atoms with Crippen molar-refractivity contribution in [3.05, 3.63) is 29.3 Å². The van der Waals surface area contributed by atoms with Crippen molar-refractivity contribution in [3.63, 3.8) is 0 Å². The summed E-state index contributed by atoms with van der Waals surface area (Å²) in [5.74, 6) is 0.0422. The smallest absolute Gasteiger partial charge is 0.253 e. The maximum absolute atomic E-state index is 12.1. The molecule has 22 heavy (non-hydrogen) atoms. The number of benzene rings is 1. The number of nitrogens with zero attached hydrogens (tertiary/aromatic N) is 1. The van der Waals surface area contributed by atoms with Crippen LogP contribution in [0.25, 0.3) is 0 Å². The Morgan fingerprint density at radius 2 is 1.86 bits per heavy atom. The van der Waals surface area contributed by atoms with Crippen LogP contribution in [0.3, 0.4) is 0 Å². The first-order chi connectivity index (χ1) is 9.72. The highest BCUT2D eigenvalue weighted by molar-refractivity contribution is 5.99. The number of nitrogens with one attached hydrogen (secondary N) is 1. The Bertz CT molecular complexity index is 530. The molecule has 1 atom stereocenters. The molecule has 0 radical (unpaired) electrons. The van der Waals surface area contributed by atoms with E-state index in [1.165, 1.54) is 4.90 Å². The normalized spacial score (nSPS) is 11.6. The summed E-state index contributed by atoms with van der Waals surface area (Å²) in [5, 5.41) is 2.77. The van der Waals surface area contributed by atoms with Crippen molar-refractivity contribution in [1.29, 1.82) is 0 Å². The van der Waals surface area contributed by atoms with Crippen molar-refractivity contribution >= 4 is 29.9 Å². The van der Waals surface area contributed by atoms with Gasteiger partial charge in [0.05, 0.1) is 6.04 Å². The number of hydrogen-bond donors (Lipinski definition) is 2. The van der Waals surface area contributed by atoms with Crippen molar-refractivity contribution in [2.45, 2.75) is 33.2 Å². The topological polar surface area (TPSA) is 75.4 Å². The molecule has 1 rings (SSSR count). The number of carbonyl (C=O) groups excluding carboxylic acids is 2. The highest BCUT2D eigenvalue weighted by atomic mass is 35.5. The Kier molecular flexibility index (Phi) is 8.12. The number of aryl methyl sites for hydroxylation is 1. The molecule has 2 amide bonds. The number of amides is 2. The first-order valence-electron chi connectivity index (χ1n) is 7.11. The fraction of sp³-hybridized carbons (Fsp3) is 0.500. The summed E-state index contributed by atoms with van der Waals surface area (Å²) >= 11 is 0. The predicted octanol–water partition coefficient (Wildman–Crippen LogP) is 2.43. The number of carbonyl (C=O) groups is 2. The third-order valence-electron chi connectivity index (χ3n) is 3.20. The van der Waals surface area contributed by atoms with E-state index >= 15 is 0 Å². The fourth-order valence-electron chi connectivity index (χ4n) is 2.02. The van der Waals surface area contributed by atoms with Gasteiger partial charge in [-0.3, -0.25) is 9.59 Å². The lowest BCUT2D eigenvalue weighted by Gasteiger charge is -2.16. The van der Waals surface area contributed by atoms with Crippen LogP contribution >= 0.6 is 12.4 Å². The quantitative estimate of drug-likeness (QED) is 0.872. The lowest BCUT2D eigenvalue weighted by Crippen LogP contribution is -2.36. The summed E-state index contributed by atoms with van der Waals surface area (Å²) in [6.07, 6.45) is 0.626. The van der Waals surface area contributed by atoms with Crippen LogP contribution < -0.4 is 11.1 Å². The molecular weight excluding hydrogens is 302 g/mol. The van der Waals surface area contributed by atoms with Crippen LogP contribution in [0.5, 0.6) is 0 Å². The van der Waals surface area contributed by atoms with Gasteiger partial charge in [0.1, 0.15) is 0 Å². The van der Waals surface area contributed by atoms with Gasteiger partial charge in [0.2, 0.25) is 5.91 Å². The van der Waals surface area contributed by atoms with Gasteiger partial charge < -0.3 is 16.0 Å². The van der Waals surface area contributed by atoms with Crippen molar-refractivity contribution in [2.24, 2.45) is 11.7 Å². The first-order valence-corrected chi connectivity index (χ1v) is 7.11. The van der Waals surface area contributed by atoms with E-state index < -0.39 is 6.04 Å². The highest BCUT2D eigenvalue weighted by Crippen LogP contribution is 2.17. The Hall–Kier alpha value is -1.59. The number of hydrogen-bond acceptors (Lipinski definition) is 3. The zero-order chi connectivity index (χ0) is 16.2. The van der Waals surface area contributed by atoms with Crippen LogP contribution in [0.15, 0.2) is 18.2 Å². The second-order valence-electron chi connectivity index (χ2n) is 5.95. The Labute approximate surface area is 138 Å². The second kappa shape index (κ2) is 8.76. The average Bonchev–Trinajstić information content (AvgIpc) is 2.39. The van der Waals surface area contributed by atoms with Crippen LogP contribution in [-0.4, -0.2) is 36.9 Å². The molecule has 124 valence electrons. The second-order valence-corrected chi connectivity index (χ2v) is 5.95. The summed E-state index contributed by atoms with van der Waals surface area (Å²) in [6, 6.07) is 4.75. The summed E-state index contributed by atoms with van der Waals surface area (Å²) in [6.45, 7) is 5.91. The van der Waals surface area contributed by atoms with E-state index in [1.54, 1.807) is 26.2 Å². The third-order valence-corrected chi connectivity index (χ3v) is 3.20. The van der Waals surface area contributed by atoms with E-state index in [2.05, 4.69) is 5.32 Å². The van der Waals surface area contributed by atoms with E-state index in [1.807, 2.05) is 26.8 Å². The number of halogens is 1. The van der Waals surface area contributed by atoms with Gasteiger partial charge in [0, 0.05) is 25.3 Å². The molecule has 1 aromatic rings. The van der Waals surface area contributed by atoms with Crippen LogP contribution in [0.4, 0.5) is 5.69 Å². The molecule has 1 aromatic carbocycles. The number of nitrogens with two attached hydrogens (primary N) is 1. The molecule has 6 heteroatoms. The van der Waals surface area contributed by atoms with E-state index in [-0.39, 0.29) is 24.2 Å². The zero-order valence-electron chi connectivity index (χ0n) is 13.8. The molecule has 5 nitrogen and oxygen atoms in total. The lowest BCUT2D eigenvalue weighted by atomic mass is 10.0. The maximum atomic E-state index is 12.1. The Balaban J connectivity index is 0.00000441. The minimum atomic E-state index is -0.542. The molecule has 0 aliphatic rings. The molecule has 0 saturated heterocycles. The van der Waals surface area contributed by atoms with Gasteiger partial charge >= 0.3 is 0 Å². The Morgan fingerprint density at radius 1 is 1.27 bits per heavy atom. The lowest BCUT2D eigenvalue weighted by molar-refractivity contribution is -0.117. The van der Waals surface area contributed by atoms with Crippen molar-refractivity contribution in [1.82, 2.24) is 4.90 Å². The van der Waals surface area contributed by atoms with E-state index in [0.717, 1.165) is 5.56 Å².